The predicted molar refractivity (Wildman–Crippen MR) is 106 cm³/mol. The van der Waals surface area contributed by atoms with Crippen molar-refractivity contribution >= 4 is 49.4 Å². The molecule has 0 fully saturated rings. The summed E-state index contributed by atoms with van der Waals surface area (Å²) in [5, 5.41) is 11.7. The zero-order valence-corrected chi connectivity index (χ0v) is 17.2. The molecule has 0 spiro atoms. The van der Waals surface area contributed by atoms with E-state index in [0.29, 0.717) is 17.7 Å². The highest BCUT2D eigenvalue weighted by Gasteiger charge is 2.12. The Morgan fingerprint density at radius 1 is 1.08 bits per heavy atom. The smallest absolute Gasteiger partial charge is 0.305 e. The molecular formula is C19H16Br2N2O3. The third-order valence-electron chi connectivity index (χ3n) is 3.67. The lowest BCUT2D eigenvalue weighted by atomic mass is 10.0. The van der Waals surface area contributed by atoms with Crippen LogP contribution in [-0.2, 0) is 14.3 Å². The number of carbonyl (C=O) groups excluding carboxylic acids is 2. The van der Waals surface area contributed by atoms with Gasteiger partial charge in [-0.25, -0.2) is 0 Å². The van der Waals surface area contributed by atoms with E-state index in [9.17, 15) is 9.59 Å². The van der Waals surface area contributed by atoms with Gasteiger partial charge in [-0.2, -0.15) is 5.26 Å². The first-order chi connectivity index (χ1) is 12.4. The number of rotatable bonds is 6. The van der Waals surface area contributed by atoms with Crippen LogP contribution >= 0.6 is 31.9 Å². The van der Waals surface area contributed by atoms with Crippen LogP contribution in [0.15, 0.2) is 45.3 Å². The molecule has 0 aliphatic heterocycles. The number of carbonyl (C=O) groups is 2. The average molecular weight is 480 g/mol. The Balaban J connectivity index is 2.10. The molecule has 0 atom stereocenters. The number of esters is 1. The van der Waals surface area contributed by atoms with E-state index in [1.54, 1.807) is 12.1 Å². The molecule has 2 rings (SSSR count). The summed E-state index contributed by atoms with van der Waals surface area (Å²) in [6.45, 7) is 0. The topological polar surface area (TPSA) is 79.2 Å². The second-order valence-electron chi connectivity index (χ2n) is 5.48. The molecule has 2 aromatic rings. The van der Waals surface area contributed by atoms with Gasteiger partial charge in [-0.15, -0.1) is 0 Å². The molecular weight excluding hydrogens is 464 g/mol. The summed E-state index contributed by atoms with van der Waals surface area (Å²) in [4.78, 5) is 23.2. The Hall–Kier alpha value is -2.17. The summed E-state index contributed by atoms with van der Waals surface area (Å²) < 4.78 is 6.01. The Bertz CT molecular complexity index is 835. The lowest BCUT2D eigenvalue weighted by Gasteiger charge is -2.12. The minimum atomic E-state index is -0.327. The fraction of sp³-hybridized carbons (Fsp3) is 0.211. The quantitative estimate of drug-likeness (QED) is 0.589. The van der Waals surface area contributed by atoms with Crippen molar-refractivity contribution in [2.24, 2.45) is 0 Å². The molecule has 134 valence electrons. The molecule has 0 unspecified atom stereocenters. The van der Waals surface area contributed by atoms with E-state index in [1.165, 1.54) is 7.11 Å². The van der Waals surface area contributed by atoms with E-state index in [-0.39, 0.29) is 24.7 Å². The number of nitrogens with zero attached hydrogens (tertiary/aromatic N) is 1. The van der Waals surface area contributed by atoms with Gasteiger partial charge in [0.1, 0.15) is 0 Å². The van der Waals surface area contributed by atoms with Crippen LogP contribution in [0.2, 0.25) is 0 Å². The van der Waals surface area contributed by atoms with Crippen LogP contribution in [0.4, 0.5) is 5.69 Å². The van der Waals surface area contributed by atoms with E-state index in [2.05, 4.69) is 48.0 Å². The molecule has 0 bridgehead atoms. The molecule has 0 aliphatic carbocycles. The molecule has 0 saturated carbocycles. The van der Waals surface area contributed by atoms with Crippen LogP contribution in [0.1, 0.15) is 24.8 Å². The lowest BCUT2D eigenvalue weighted by molar-refractivity contribution is -0.140. The number of anilines is 1. The minimum absolute atomic E-state index is 0.179. The predicted octanol–water partition coefficient (Wildman–Crippen LogP) is 5.03. The second kappa shape index (κ2) is 9.51. The van der Waals surface area contributed by atoms with Gasteiger partial charge < -0.3 is 10.1 Å². The van der Waals surface area contributed by atoms with Crippen molar-refractivity contribution in [2.45, 2.75) is 19.3 Å². The van der Waals surface area contributed by atoms with Gasteiger partial charge in [0.25, 0.3) is 0 Å². The first-order valence-electron chi connectivity index (χ1n) is 7.81. The van der Waals surface area contributed by atoms with Gasteiger partial charge in [0, 0.05) is 21.8 Å². The van der Waals surface area contributed by atoms with Gasteiger partial charge in [0.2, 0.25) is 5.91 Å². The number of hydrogen-bond acceptors (Lipinski definition) is 4. The van der Waals surface area contributed by atoms with Gasteiger partial charge >= 0.3 is 5.97 Å². The van der Waals surface area contributed by atoms with Crippen molar-refractivity contribution in [3.63, 3.8) is 0 Å². The van der Waals surface area contributed by atoms with Crippen molar-refractivity contribution in [3.05, 3.63) is 50.9 Å². The van der Waals surface area contributed by atoms with E-state index in [4.69, 9.17) is 5.26 Å². The van der Waals surface area contributed by atoms with Gasteiger partial charge in [-0.05, 0) is 73.7 Å². The van der Waals surface area contributed by atoms with Crippen molar-refractivity contribution < 1.29 is 14.3 Å². The number of methoxy groups -OCH3 is 1. The maximum Gasteiger partial charge on any atom is 0.305 e. The number of amides is 1. The van der Waals surface area contributed by atoms with Crippen LogP contribution in [0.5, 0.6) is 0 Å². The summed E-state index contributed by atoms with van der Waals surface area (Å²) in [5.41, 5.74) is 3.13. The average Bonchev–Trinajstić information content (AvgIpc) is 2.64. The molecule has 1 N–H and O–H groups in total. The Morgan fingerprint density at radius 3 is 2.23 bits per heavy atom. The molecule has 0 heterocycles. The zero-order valence-electron chi connectivity index (χ0n) is 14.0. The normalized spacial score (nSPS) is 10.1. The molecule has 0 aliphatic rings. The van der Waals surface area contributed by atoms with E-state index in [0.717, 1.165) is 20.1 Å². The summed E-state index contributed by atoms with van der Waals surface area (Å²) in [7, 11) is 1.33. The lowest BCUT2D eigenvalue weighted by Crippen LogP contribution is -2.13. The Morgan fingerprint density at radius 2 is 1.69 bits per heavy atom. The van der Waals surface area contributed by atoms with E-state index < -0.39 is 0 Å². The van der Waals surface area contributed by atoms with Crippen LogP contribution in [-0.4, -0.2) is 19.0 Å². The summed E-state index contributed by atoms with van der Waals surface area (Å²) >= 11 is 6.97. The van der Waals surface area contributed by atoms with E-state index >= 15 is 0 Å². The molecule has 0 aromatic heterocycles. The first-order valence-corrected chi connectivity index (χ1v) is 9.39. The van der Waals surface area contributed by atoms with Crippen molar-refractivity contribution in [1.29, 1.82) is 5.26 Å². The molecule has 7 heteroatoms. The molecule has 2 aromatic carbocycles. The summed E-state index contributed by atoms with van der Waals surface area (Å²) in [6.07, 6.45) is 0.867. The minimum Gasteiger partial charge on any atom is -0.469 e. The number of benzene rings is 2. The van der Waals surface area contributed by atoms with Gasteiger partial charge in [0.05, 0.1) is 24.4 Å². The number of halogens is 2. The van der Waals surface area contributed by atoms with Gasteiger partial charge in [0.15, 0.2) is 0 Å². The SMILES string of the molecule is COC(=O)CCCC(=O)Nc1c(Br)cc(-c2ccc(C#N)cc2)cc1Br. The number of nitriles is 1. The maximum atomic E-state index is 12.1. The maximum absolute atomic E-state index is 12.1. The van der Waals surface area contributed by atoms with E-state index in [1.807, 2.05) is 24.3 Å². The van der Waals surface area contributed by atoms with Crippen LogP contribution < -0.4 is 5.32 Å². The van der Waals surface area contributed by atoms with Crippen molar-refractivity contribution in [2.75, 3.05) is 12.4 Å². The van der Waals surface area contributed by atoms with Crippen LogP contribution in [0.3, 0.4) is 0 Å². The van der Waals surface area contributed by atoms with Gasteiger partial charge in [-0.1, -0.05) is 12.1 Å². The fourth-order valence-electron chi connectivity index (χ4n) is 2.29. The fourth-order valence-corrected chi connectivity index (χ4v) is 3.68. The Kier molecular flexibility index (Phi) is 7.37. The summed E-state index contributed by atoms with van der Waals surface area (Å²) in [5.74, 6) is -0.506. The highest BCUT2D eigenvalue weighted by molar-refractivity contribution is 9.11. The third-order valence-corrected chi connectivity index (χ3v) is 4.92. The molecule has 1 amide bonds. The Labute approximate surface area is 168 Å². The number of nitrogens with one attached hydrogen (secondary N) is 1. The molecule has 0 saturated heterocycles. The van der Waals surface area contributed by atoms with Crippen molar-refractivity contribution in [1.82, 2.24) is 0 Å². The number of ether oxygens (including phenoxy) is 1. The van der Waals surface area contributed by atoms with Crippen LogP contribution in [0, 0.1) is 11.3 Å². The molecule has 5 nitrogen and oxygen atoms in total. The van der Waals surface area contributed by atoms with Crippen LogP contribution in [0.25, 0.3) is 11.1 Å². The zero-order chi connectivity index (χ0) is 19.1. The van der Waals surface area contributed by atoms with Gasteiger partial charge in [-0.3, -0.25) is 9.59 Å². The van der Waals surface area contributed by atoms with Crippen molar-refractivity contribution in [3.8, 4) is 17.2 Å². The highest BCUT2D eigenvalue weighted by atomic mass is 79.9. The molecule has 0 radical (unpaired) electrons. The standard InChI is InChI=1S/C19H16Br2N2O3/c1-26-18(25)4-2-3-17(24)23-19-15(20)9-14(10-16(19)21)13-7-5-12(11-22)6-8-13/h5-10H,2-4H2,1H3,(H,23,24). The third kappa shape index (κ3) is 5.41. The number of hydrogen-bond donors (Lipinski definition) is 1. The summed E-state index contributed by atoms with van der Waals surface area (Å²) in [6, 6.07) is 13.2. The monoisotopic (exact) mass is 478 g/mol. The largest absolute Gasteiger partial charge is 0.469 e. The highest BCUT2D eigenvalue weighted by Crippen LogP contribution is 2.36. The second-order valence-corrected chi connectivity index (χ2v) is 7.19. The molecule has 26 heavy (non-hydrogen) atoms. The first kappa shape index (κ1) is 20.1.